The fourth-order valence-corrected chi connectivity index (χ4v) is 1.38. The normalized spacial score (nSPS) is 21.0. The first kappa shape index (κ1) is 14.9. The maximum atomic E-state index is 4.68. The Kier molecular flexibility index (Phi) is 4.66. The van der Waals surface area contributed by atoms with Crippen LogP contribution in [0.3, 0.4) is 0 Å². The number of hydrogen-bond donors (Lipinski definition) is 0. The molecular weight excluding hydrogens is 220 g/mol. The number of hydrogen-bond acceptors (Lipinski definition) is 2. The summed E-state index contributed by atoms with van der Waals surface area (Å²) >= 11 is 0. The van der Waals surface area contributed by atoms with Gasteiger partial charge >= 0.3 is 0 Å². The average molecular weight is 246 g/mol. The molecule has 0 amide bonds. The van der Waals surface area contributed by atoms with E-state index in [1.54, 1.807) is 0 Å². The zero-order valence-corrected chi connectivity index (χ0v) is 12.6. The summed E-state index contributed by atoms with van der Waals surface area (Å²) in [6, 6.07) is 0. The van der Waals surface area contributed by atoms with Crippen molar-refractivity contribution < 1.29 is 0 Å². The zero-order valence-electron chi connectivity index (χ0n) is 12.6. The van der Waals surface area contributed by atoms with Crippen molar-refractivity contribution in [3.05, 3.63) is 24.3 Å². The maximum absolute atomic E-state index is 4.68. The molecule has 100 valence electrons. The van der Waals surface area contributed by atoms with Crippen LogP contribution in [-0.2, 0) is 0 Å². The second-order valence-corrected chi connectivity index (χ2v) is 7.24. The predicted molar refractivity (Wildman–Crippen MR) is 81.8 cm³/mol. The van der Waals surface area contributed by atoms with Gasteiger partial charge in [0.1, 0.15) is 0 Å². The van der Waals surface area contributed by atoms with E-state index < -0.39 is 0 Å². The van der Waals surface area contributed by atoms with Gasteiger partial charge in [0.05, 0.1) is 11.4 Å². The smallest absolute Gasteiger partial charge is 0.0826 e. The summed E-state index contributed by atoms with van der Waals surface area (Å²) in [7, 11) is 0. The van der Waals surface area contributed by atoms with Gasteiger partial charge in [-0.3, -0.25) is 9.98 Å². The lowest BCUT2D eigenvalue weighted by Gasteiger charge is -2.18. The molecule has 0 aromatic carbocycles. The Morgan fingerprint density at radius 3 is 1.33 bits per heavy atom. The fraction of sp³-hybridized carbons (Fsp3) is 0.625. The summed E-state index contributed by atoms with van der Waals surface area (Å²) in [5.41, 5.74) is 2.46. The Morgan fingerprint density at radius 2 is 1.06 bits per heavy atom. The van der Waals surface area contributed by atoms with E-state index >= 15 is 0 Å². The molecule has 2 heteroatoms. The van der Waals surface area contributed by atoms with Crippen LogP contribution in [0.1, 0.15) is 41.5 Å². The van der Waals surface area contributed by atoms with Gasteiger partial charge in [-0.05, 0) is 23.0 Å². The van der Waals surface area contributed by atoms with Crippen LogP contribution in [-0.4, -0.2) is 24.5 Å². The lowest BCUT2D eigenvalue weighted by Crippen LogP contribution is -2.19. The molecule has 0 heterocycles. The Balaban J connectivity index is 2.82. The molecule has 0 N–H and O–H groups in total. The Bertz CT molecular complexity index is 356. The number of nitrogens with zero attached hydrogens (tertiary/aromatic N) is 2. The van der Waals surface area contributed by atoms with E-state index in [0.717, 1.165) is 24.5 Å². The molecule has 0 aromatic rings. The van der Waals surface area contributed by atoms with Crippen LogP contribution < -0.4 is 0 Å². The fourth-order valence-electron chi connectivity index (χ4n) is 1.38. The zero-order chi connectivity index (χ0) is 13.8. The van der Waals surface area contributed by atoms with Crippen LogP contribution in [0.15, 0.2) is 34.3 Å². The number of allylic oxidation sites excluding steroid dienone is 4. The van der Waals surface area contributed by atoms with Gasteiger partial charge in [-0.2, -0.15) is 0 Å². The Labute approximate surface area is 112 Å². The molecule has 0 aliphatic heterocycles. The van der Waals surface area contributed by atoms with Crippen LogP contribution in [0.5, 0.6) is 0 Å². The largest absolute Gasteiger partial charge is 0.283 e. The molecular formula is C16H26N2. The van der Waals surface area contributed by atoms with Crippen molar-refractivity contribution in [1.82, 2.24) is 0 Å². The predicted octanol–water partition coefficient (Wildman–Crippen LogP) is 4.09. The van der Waals surface area contributed by atoms with Crippen LogP contribution in [0.2, 0.25) is 0 Å². The van der Waals surface area contributed by atoms with Crippen LogP contribution in [0.25, 0.3) is 0 Å². The Morgan fingerprint density at radius 1 is 0.722 bits per heavy atom. The first-order valence-electron chi connectivity index (χ1n) is 6.61. The van der Waals surface area contributed by atoms with E-state index in [9.17, 15) is 0 Å². The summed E-state index contributed by atoms with van der Waals surface area (Å²) in [6.07, 6.45) is 8.15. The van der Waals surface area contributed by atoms with Crippen molar-refractivity contribution in [2.45, 2.75) is 41.5 Å². The lowest BCUT2D eigenvalue weighted by molar-refractivity contribution is 0.428. The van der Waals surface area contributed by atoms with E-state index in [1.807, 2.05) is 24.3 Å². The van der Waals surface area contributed by atoms with Gasteiger partial charge in [0.15, 0.2) is 0 Å². The van der Waals surface area contributed by atoms with Crippen molar-refractivity contribution in [3.63, 3.8) is 0 Å². The van der Waals surface area contributed by atoms with Crippen molar-refractivity contribution >= 4 is 11.4 Å². The maximum Gasteiger partial charge on any atom is 0.0826 e. The molecule has 0 spiro atoms. The van der Waals surface area contributed by atoms with E-state index in [1.165, 1.54) is 0 Å². The van der Waals surface area contributed by atoms with Gasteiger partial charge in [0, 0.05) is 13.1 Å². The molecule has 1 aliphatic carbocycles. The summed E-state index contributed by atoms with van der Waals surface area (Å²) < 4.78 is 0. The van der Waals surface area contributed by atoms with Crippen molar-refractivity contribution in [3.8, 4) is 0 Å². The quantitative estimate of drug-likeness (QED) is 0.656. The monoisotopic (exact) mass is 246 g/mol. The molecule has 1 rings (SSSR count). The van der Waals surface area contributed by atoms with Crippen molar-refractivity contribution in [2.24, 2.45) is 20.8 Å². The molecule has 0 atom stereocenters. The van der Waals surface area contributed by atoms with E-state index in [4.69, 9.17) is 0 Å². The third-order valence-electron chi connectivity index (χ3n) is 2.33. The van der Waals surface area contributed by atoms with Gasteiger partial charge in [-0.25, -0.2) is 0 Å². The molecule has 0 radical (unpaired) electrons. The lowest BCUT2D eigenvalue weighted by atomic mass is 9.96. The average Bonchev–Trinajstić information content (AvgIpc) is 2.22. The summed E-state index contributed by atoms with van der Waals surface area (Å²) in [5.74, 6) is 0. The van der Waals surface area contributed by atoms with Crippen LogP contribution in [0, 0.1) is 10.8 Å². The molecule has 0 unspecified atom stereocenters. The molecule has 0 bridgehead atoms. The van der Waals surface area contributed by atoms with Gasteiger partial charge in [0.25, 0.3) is 0 Å². The molecule has 0 aromatic heterocycles. The molecule has 0 fully saturated rings. The topological polar surface area (TPSA) is 24.7 Å². The van der Waals surface area contributed by atoms with E-state index in [2.05, 4.69) is 51.5 Å². The summed E-state index contributed by atoms with van der Waals surface area (Å²) in [6.45, 7) is 14.9. The first-order valence-corrected chi connectivity index (χ1v) is 6.61. The van der Waals surface area contributed by atoms with Crippen molar-refractivity contribution in [1.29, 1.82) is 0 Å². The third kappa shape index (κ3) is 5.95. The highest BCUT2D eigenvalue weighted by atomic mass is 14.8. The summed E-state index contributed by atoms with van der Waals surface area (Å²) in [5, 5.41) is 0. The first-order chi connectivity index (χ1) is 8.17. The Hall–Kier alpha value is -1.18. The molecule has 2 nitrogen and oxygen atoms in total. The van der Waals surface area contributed by atoms with Crippen LogP contribution >= 0.6 is 0 Å². The molecule has 0 saturated heterocycles. The van der Waals surface area contributed by atoms with Gasteiger partial charge in [0.2, 0.25) is 0 Å². The van der Waals surface area contributed by atoms with Gasteiger partial charge < -0.3 is 0 Å². The minimum atomic E-state index is 0.219. The van der Waals surface area contributed by atoms with Crippen LogP contribution in [0.4, 0.5) is 0 Å². The standard InChI is InChI=1S/C16H26N2/c1-15(2,3)11-17-13-9-7-8-10-14(13)18-12-16(4,5)6/h7-10H,11-12H2,1-6H3. The minimum absolute atomic E-state index is 0.219. The number of aliphatic imine (C=N–C) groups is 2. The highest BCUT2D eigenvalue weighted by molar-refractivity contribution is 6.51. The van der Waals surface area contributed by atoms with E-state index in [0.29, 0.717) is 0 Å². The summed E-state index contributed by atoms with van der Waals surface area (Å²) in [4.78, 5) is 9.37. The van der Waals surface area contributed by atoms with Gasteiger partial charge in [-0.15, -0.1) is 0 Å². The third-order valence-corrected chi connectivity index (χ3v) is 2.33. The number of rotatable bonds is 2. The minimum Gasteiger partial charge on any atom is -0.283 e. The molecule has 1 aliphatic rings. The van der Waals surface area contributed by atoms with Crippen molar-refractivity contribution in [2.75, 3.05) is 13.1 Å². The molecule has 0 saturated carbocycles. The molecule has 18 heavy (non-hydrogen) atoms. The second-order valence-electron chi connectivity index (χ2n) is 7.24. The highest BCUT2D eigenvalue weighted by Gasteiger charge is 2.13. The highest BCUT2D eigenvalue weighted by Crippen LogP contribution is 2.15. The second kappa shape index (κ2) is 5.64. The van der Waals surface area contributed by atoms with Gasteiger partial charge in [-0.1, -0.05) is 53.7 Å². The SMILES string of the molecule is CC(C)(C)CN=C1C=CC=CC1=NCC(C)(C)C. The van der Waals surface area contributed by atoms with E-state index in [-0.39, 0.29) is 10.8 Å².